The smallest absolute Gasteiger partial charge is 0.337 e. The molecule has 0 bridgehead atoms. The number of primary sulfonamides is 1. The summed E-state index contributed by atoms with van der Waals surface area (Å²) in [7, 11) is -3.93. The van der Waals surface area contributed by atoms with E-state index in [0.29, 0.717) is 12.2 Å². The number of rotatable bonds is 6. The van der Waals surface area contributed by atoms with E-state index < -0.39 is 16.0 Å². The molecule has 0 fully saturated rings. The van der Waals surface area contributed by atoms with E-state index in [0.717, 1.165) is 18.1 Å². The van der Waals surface area contributed by atoms with Crippen LogP contribution in [0.3, 0.4) is 0 Å². The molecule has 0 amide bonds. The molecule has 22 heavy (non-hydrogen) atoms. The Bertz CT molecular complexity index is 773. The molecule has 116 valence electrons. The number of aromatic carboxylic acids is 1. The number of sulfonamides is 1. The number of hydrogen-bond acceptors (Lipinski definition) is 4. The fourth-order valence-electron chi connectivity index (χ4n) is 2.02. The number of anilines is 1. The van der Waals surface area contributed by atoms with Crippen molar-refractivity contribution >= 4 is 21.7 Å². The molecule has 0 saturated heterocycles. The molecular formula is C15H16N2O4S. The van der Waals surface area contributed by atoms with E-state index in [4.69, 9.17) is 5.14 Å². The van der Waals surface area contributed by atoms with E-state index in [1.165, 1.54) is 12.1 Å². The lowest BCUT2D eigenvalue weighted by Gasteiger charge is -2.11. The first-order valence-electron chi connectivity index (χ1n) is 6.56. The minimum absolute atomic E-state index is 0.125. The molecule has 0 aliphatic rings. The average molecular weight is 320 g/mol. The summed E-state index contributed by atoms with van der Waals surface area (Å²) in [5.74, 6) is -1.22. The van der Waals surface area contributed by atoms with Crippen LogP contribution in [0.4, 0.5) is 5.69 Å². The summed E-state index contributed by atoms with van der Waals surface area (Å²) in [6.07, 6.45) is 0.719. The van der Waals surface area contributed by atoms with E-state index in [-0.39, 0.29) is 10.5 Å². The van der Waals surface area contributed by atoms with Crippen LogP contribution in [0.15, 0.2) is 53.4 Å². The maximum Gasteiger partial charge on any atom is 0.337 e. The molecule has 6 nitrogen and oxygen atoms in total. The van der Waals surface area contributed by atoms with Gasteiger partial charge in [-0.1, -0.05) is 30.3 Å². The second-order valence-corrected chi connectivity index (χ2v) is 6.28. The van der Waals surface area contributed by atoms with Gasteiger partial charge in [-0.3, -0.25) is 0 Å². The molecule has 7 heteroatoms. The van der Waals surface area contributed by atoms with Crippen LogP contribution >= 0.6 is 0 Å². The summed E-state index contributed by atoms with van der Waals surface area (Å²) >= 11 is 0. The van der Waals surface area contributed by atoms with E-state index in [1.807, 2.05) is 30.3 Å². The zero-order valence-corrected chi connectivity index (χ0v) is 12.5. The standard InChI is InChI=1S/C15H16N2O4S/c16-22(20,21)12-6-7-14(13(10-12)15(18)19)17-9-8-11-4-2-1-3-5-11/h1-7,10,17H,8-9H2,(H,18,19)(H2,16,20,21). The molecule has 0 aliphatic heterocycles. The minimum Gasteiger partial charge on any atom is -0.478 e. The number of hydrogen-bond donors (Lipinski definition) is 3. The van der Waals surface area contributed by atoms with Gasteiger partial charge in [0.05, 0.1) is 10.5 Å². The third-order valence-electron chi connectivity index (χ3n) is 3.12. The summed E-state index contributed by atoms with van der Waals surface area (Å²) in [4.78, 5) is 11.0. The summed E-state index contributed by atoms with van der Waals surface area (Å²) < 4.78 is 22.6. The van der Waals surface area contributed by atoms with Crippen LogP contribution in [0, 0.1) is 0 Å². The van der Waals surface area contributed by atoms with Crippen molar-refractivity contribution in [3.8, 4) is 0 Å². The van der Waals surface area contributed by atoms with Crippen molar-refractivity contribution in [3.05, 3.63) is 59.7 Å². The van der Waals surface area contributed by atoms with Gasteiger partial charge in [0.1, 0.15) is 0 Å². The maximum absolute atomic E-state index is 11.3. The monoisotopic (exact) mass is 320 g/mol. The highest BCUT2D eigenvalue weighted by molar-refractivity contribution is 7.89. The van der Waals surface area contributed by atoms with E-state index >= 15 is 0 Å². The first-order chi connectivity index (χ1) is 10.4. The Morgan fingerprint density at radius 2 is 1.82 bits per heavy atom. The van der Waals surface area contributed by atoms with Crippen LogP contribution in [0.25, 0.3) is 0 Å². The summed E-state index contributed by atoms with van der Waals surface area (Å²) in [5, 5.41) is 17.2. The zero-order chi connectivity index (χ0) is 16.2. The highest BCUT2D eigenvalue weighted by Crippen LogP contribution is 2.20. The zero-order valence-electron chi connectivity index (χ0n) is 11.7. The van der Waals surface area contributed by atoms with Crippen molar-refractivity contribution in [2.24, 2.45) is 5.14 Å². The molecule has 0 radical (unpaired) electrons. The molecule has 2 aromatic carbocycles. The van der Waals surface area contributed by atoms with Crippen molar-refractivity contribution in [2.75, 3.05) is 11.9 Å². The highest BCUT2D eigenvalue weighted by atomic mass is 32.2. The van der Waals surface area contributed by atoms with Crippen LogP contribution in [0.2, 0.25) is 0 Å². The minimum atomic E-state index is -3.93. The Kier molecular flexibility index (Phi) is 4.79. The predicted molar refractivity (Wildman–Crippen MR) is 83.4 cm³/mol. The molecule has 2 aromatic rings. The first kappa shape index (κ1) is 16.0. The molecular weight excluding hydrogens is 304 g/mol. The second kappa shape index (κ2) is 6.59. The van der Waals surface area contributed by atoms with E-state index in [1.54, 1.807) is 0 Å². The maximum atomic E-state index is 11.3. The van der Waals surface area contributed by atoms with Crippen molar-refractivity contribution in [1.82, 2.24) is 0 Å². The summed E-state index contributed by atoms with van der Waals surface area (Å²) in [6, 6.07) is 13.5. The fourth-order valence-corrected chi connectivity index (χ4v) is 2.56. The van der Waals surface area contributed by atoms with Crippen molar-refractivity contribution < 1.29 is 18.3 Å². The predicted octanol–water partition coefficient (Wildman–Crippen LogP) is 1.69. The van der Waals surface area contributed by atoms with Crippen molar-refractivity contribution in [2.45, 2.75) is 11.3 Å². The van der Waals surface area contributed by atoms with Gasteiger partial charge in [0.2, 0.25) is 10.0 Å². The average Bonchev–Trinajstić information content (AvgIpc) is 2.47. The lowest BCUT2D eigenvalue weighted by molar-refractivity contribution is 0.0697. The molecule has 0 saturated carbocycles. The van der Waals surface area contributed by atoms with Gasteiger partial charge >= 0.3 is 5.97 Å². The molecule has 4 N–H and O–H groups in total. The Balaban J connectivity index is 2.15. The van der Waals surface area contributed by atoms with Gasteiger partial charge in [-0.05, 0) is 30.2 Å². The molecule has 0 unspecified atom stereocenters. The fraction of sp³-hybridized carbons (Fsp3) is 0.133. The van der Waals surface area contributed by atoms with Crippen LogP contribution in [0.5, 0.6) is 0 Å². The molecule has 0 aromatic heterocycles. The number of carboxylic acids is 1. The van der Waals surface area contributed by atoms with E-state index in [2.05, 4.69) is 5.32 Å². The van der Waals surface area contributed by atoms with Gasteiger partial charge in [-0.25, -0.2) is 18.4 Å². The Morgan fingerprint density at radius 3 is 2.41 bits per heavy atom. The number of benzene rings is 2. The third kappa shape index (κ3) is 4.06. The van der Waals surface area contributed by atoms with Gasteiger partial charge in [0, 0.05) is 12.2 Å². The Labute approximate surface area is 128 Å². The van der Waals surface area contributed by atoms with Gasteiger partial charge in [0.15, 0.2) is 0 Å². The number of carbonyl (C=O) groups is 1. The van der Waals surface area contributed by atoms with Crippen molar-refractivity contribution in [1.29, 1.82) is 0 Å². The second-order valence-electron chi connectivity index (χ2n) is 4.72. The van der Waals surface area contributed by atoms with E-state index in [9.17, 15) is 18.3 Å². The first-order valence-corrected chi connectivity index (χ1v) is 8.10. The largest absolute Gasteiger partial charge is 0.478 e. The molecule has 0 aliphatic carbocycles. The van der Waals surface area contributed by atoms with Gasteiger partial charge < -0.3 is 10.4 Å². The SMILES string of the molecule is NS(=O)(=O)c1ccc(NCCc2ccccc2)c(C(=O)O)c1. The summed E-state index contributed by atoms with van der Waals surface area (Å²) in [5.41, 5.74) is 1.35. The van der Waals surface area contributed by atoms with Crippen LogP contribution in [-0.2, 0) is 16.4 Å². The summed E-state index contributed by atoms with van der Waals surface area (Å²) in [6.45, 7) is 0.527. The topological polar surface area (TPSA) is 109 Å². The van der Waals surface area contributed by atoms with Crippen LogP contribution in [0.1, 0.15) is 15.9 Å². The van der Waals surface area contributed by atoms with Gasteiger partial charge in [-0.2, -0.15) is 0 Å². The lowest BCUT2D eigenvalue weighted by Crippen LogP contribution is -2.15. The molecule has 2 rings (SSSR count). The molecule has 0 spiro atoms. The normalized spacial score (nSPS) is 11.1. The van der Waals surface area contributed by atoms with Gasteiger partial charge in [-0.15, -0.1) is 0 Å². The molecule has 0 atom stereocenters. The van der Waals surface area contributed by atoms with Crippen molar-refractivity contribution in [3.63, 3.8) is 0 Å². The lowest BCUT2D eigenvalue weighted by atomic mass is 10.1. The van der Waals surface area contributed by atoms with Crippen LogP contribution < -0.4 is 10.5 Å². The number of nitrogens with one attached hydrogen (secondary N) is 1. The number of nitrogens with two attached hydrogens (primary N) is 1. The third-order valence-corrected chi connectivity index (χ3v) is 4.03. The Morgan fingerprint density at radius 1 is 1.14 bits per heavy atom. The number of carboxylic acid groups (broad SMARTS) is 1. The quantitative estimate of drug-likeness (QED) is 0.750. The van der Waals surface area contributed by atoms with Gasteiger partial charge in [0.25, 0.3) is 0 Å². The highest BCUT2D eigenvalue weighted by Gasteiger charge is 2.15. The molecule has 0 heterocycles. The van der Waals surface area contributed by atoms with Crippen LogP contribution in [-0.4, -0.2) is 26.0 Å². The Hall–Kier alpha value is -2.38.